The zero-order chi connectivity index (χ0) is 23.4. The molecule has 1 heterocycles. The fourth-order valence-electron chi connectivity index (χ4n) is 3.26. The van der Waals surface area contributed by atoms with Crippen molar-refractivity contribution in [2.75, 3.05) is 5.32 Å². The first-order chi connectivity index (χ1) is 15.2. The second-order valence-electron chi connectivity index (χ2n) is 7.29. The minimum atomic E-state index is -1.11. The third-order valence-corrected chi connectivity index (χ3v) is 5.25. The van der Waals surface area contributed by atoms with Crippen LogP contribution in [-0.2, 0) is 11.8 Å². The van der Waals surface area contributed by atoms with E-state index >= 15 is 0 Å². The van der Waals surface area contributed by atoms with Crippen LogP contribution in [0.2, 0.25) is 5.02 Å². The van der Waals surface area contributed by atoms with Crippen LogP contribution >= 0.6 is 11.6 Å². The summed E-state index contributed by atoms with van der Waals surface area (Å²) in [5, 5.41) is 24.9. The van der Waals surface area contributed by atoms with E-state index in [0.717, 1.165) is 11.1 Å². The van der Waals surface area contributed by atoms with E-state index in [9.17, 15) is 24.6 Å². The number of hydrogen-bond acceptors (Lipinski definition) is 4. The number of benzene rings is 2. The number of rotatable bonds is 6. The maximum Gasteiger partial charge on any atom is 0.319 e. The molecule has 32 heavy (non-hydrogen) atoms. The molecule has 4 N–H and O–H groups in total. The van der Waals surface area contributed by atoms with Crippen LogP contribution in [0.5, 0.6) is 5.75 Å². The van der Waals surface area contributed by atoms with Crippen LogP contribution in [0, 0.1) is 6.92 Å². The first kappa shape index (κ1) is 22.9. The van der Waals surface area contributed by atoms with E-state index in [4.69, 9.17) is 11.6 Å². The van der Waals surface area contributed by atoms with Crippen LogP contribution in [0.15, 0.2) is 59.4 Å². The van der Waals surface area contributed by atoms with E-state index < -0.39 is 23.6 Å². The Morgan fingerprint density at radius 2 is 1.75 bits per heavy atom. The number of aromatic hydroxyl groups is 1. The Labute approximate surface area is 189 Å². The number of aromatic nitrogens is 1. The summed E-state index contributed by atoms with van der Waals surface area (Å²) in [6.45, 7) is 1.64. The largest absolute Gasteiger partial charge is 0.505 e. The lowest BCUT2D eigenvalue weighted by atomic mass is 9.98. The Morgan fingerprint density at radius 1 is 1.09 bits per heavy atom. The number of anilines is 1. The fraction of sp³-hybridized carbons (Fsp3) is 0.174. The number of aryl methyl sites for hydroxylation is 1. The summed E-state index contributed by atoms with van der Waals surface area (Å²) in [6, 6.07) is 13.9. The van der Waals surface area contributed by atoms with Gasteiger partial charge in [-0.25, -0.2) is 4.79 Å². The molecule has 0 bridgehead atoms. The summed E-state index contributed by atoms with van der Waals surface area (Å²) in [5.74, 6) is -1.49. The highest BCUT2D eigenvalue weighted by Gasteiger charge is 2.21. The van der Waals surface area contributed by atoms with E-state index in [1.807, 2.05) is 12.1 Å². The van der Waals surface area contributed by atoms with E-state index in [0.29, 0.717) is 16.3 Å². The number of pyridine rings is 1. The first-order valence-corrected chi connectivity index (χ1v) is 10.1. The molecule has 1 atom stereocenters. The molecule has 8 nitrogen and oxygen atoms in total. The molecule has 0 spiro atoms. The molecule has 166 valence electrons. The standard InChI is InChI=1S/C23H22ClN3O5/c1-13-9-19(28)21(22(31)27(13)2)26-23(32)25-18(12-20(29)30)16-7-3-5-14(10-16)15-6-4-8-17(24)11-15/h3-11,18,28H,12H2,1-2H3,(H,29,30)(H2,25,26,32)/t18-/m0/s1. The van der Waals surface area contributed by atoms with Gasteiger partial charge in [0.25, 0.3) is 5.56 Å². The van der Waals surface area contributed by atoms with Gasteiger partial charge in [0.05, 0.1) is 12.5 Å². The molecule has 0 aliphatic rings. The predicted octanol–water partition coefficient (Wildman–Crippen LogP) is 4.06. The van der Waals surface area contributed by atoms with Gasteiger partial charge in [-0.15, -0.1) is 0 Å². The molecule has 0 saturated heterocycles. The fourth-order valence-corrected chi connectivity index (χ4v) is 3.45. The van der Waals surface area contributed by atoms with Crippen LogP contribution in [0.3, 0.4) is 0 Å². The third kappa shape index (κ3) is 5.28. The molecule has 0 radical (unpaired) electrons. The van der Waals surface area contributed by atoms with Crippen molar-refractivity contribution in [1.82, 2.24) is 9.88 Å². The molecule has 0 aliphatic carbocycles. The highest BCUT2D eigenvalue weighted by Crippen LogP contribution is 2.27. The van der Waals surface area contributed by atoms with Crippen molar-refractivity contribution >= 4 is 29.3 Å². The molecule has 1 aromatic heterocycles. The number of urea groups is 1. The van der Waals surface area contributed by atoms with Gasteiger partial charge in [-0.2, -0.15) is 0 Å². The Bertz CT molecular complexity index is 1240. The van der Waals surface area contributed by atoms with E-state index in [1.165, 1.54) is 17.7 Å². The zero-order valence-electron chi connectivity index (χ0n) is 17.4. The average molecular weight is 456 g/mol. The van der Waals surface area contributed by atoms with Crippen molar-refractivity contribution in [3.8, 4) is 16.9 Å². The minimum Gasteiger partial charge on any atom is -0.505 e. The molecular weight excluding hydrogens is 434 g/mol. The lowest BCUT2D eigenvalue weighted by molar-refractivity contribution is -0.137. The smallest absolute Gasteiger partial charge is 0.319 e. The van der Waals surface area contributed by atoms with Gasteiger partial charge in [0.1, 0.15) is 5.75 Å². The van der Waals surface area contributed by atoms with Crippen molar-refractivity contribution in [2.45, 2.75) is 19.4 Å². The average Bonchev–Trinajstić information content (AvgIpc) is 2.74. The van der Waals surface area contributed by atoms with Gasteiger partial charge in [-0.05, 0) is 41.8 Å². The molecule has 3 rings (SSSR count). The van der Waals surface area contributed by atoms with Gasteiger partial charge in [-0.1, -0.05) is 41.9 Å². The lowest BCUT2D eigenvalue weighted by Crippen LogP contribution is -2.36. The molecule has 0 saturated carbocycles. The topological polar surface area (TPSA) is 121 Å². The second kappa shape index (κ2) is 9.57. The lowest BCUT2D eigenvalue weighted by Gasteiger charge is -2.19. The molecule has 3 aromatic rings. The summed E-state index contributed by atoms with van der Waals surface area (Å²) in [6.07, 6.45) is -0.385. The maximum atomic E-state index is 12.6. The quantitative estimate of drug-likeness (QED) is 0.446. The van der Waals surface area contributed by atoms with Crippen molar-refractivity contribution in [2.24, 2.45) is 7.05 Å². The number of nitrogens with zero attached hydrogens (tertiary/aromatic N) is 1. The Balaban J connectivity index is 1.88. The molecular formula is C23H22ClN3O5. The van der Waals surface area contributed by atoms with E-state index in [1.54, 1.807) is 43.3 Å². The normalized spacial score (nSPS) is 11.6. The van der Waals surface area contributed by atoms with Crippen LogP contribution < -0.4 is 16.2 Å². The maximum absolute atomic E-state index is 12.6. The number of hydrogen-bond donors (Lipinski definition) is 4. The number of carbonyl (C=O) groups excluding carboxylic acids is 1. The zero-order valence-corrected chi connectivity index (χ0v) is 18.2. The van der Waals surface area contributed by atoms with Gasteiger partial charge in [0.15, 0.2) is 5.69 Å². The number of carboxylic acid groups (broad SMARTS) is 1. The number of carbonyl (C=O) groups is 2. The van der Waals surface area contributed by atoms with Crippen LogP contribution in [0.4, 0.5) is 10.5 Å². The summed E-state index contributed by atoms with van der Waals surface area (Å²) < 4.78 is 1.28. The Morgan fingerprint density at radius 3 is 2.41 bits per heavy atom. The summed E-state index contributed by atoms with van der Waals surface area (Å²) >= 11 is 6.07. The molecule has 2 amide bonds. The predicted molar refractivity (Wildman–Crippen MR) is 122 cm³/mol. The summed E-state index contributed by atoms with van der Waals surface area (Å²) in [5.41, 5.74) is 1.83. The van der Waals surface area contributed by atoms with Crippen molar-refractivity contribution in [3.63, 3.8) is 0 Å². The number of amides is 2. The Hall–Kier alpha value is -3.78. The van der Waals surface area contributed by atoms with E-state index in [2.05, 4.69) is 10.6 Å². The molecule has 0 unspecified atom stereocenters. The van der Waals surface area contributed by atoms with Gasteiger partial charge in [0, 0.05) is 23.8 Å². The number of nitrogens with one attached hydrogen (secondary N) is 2. The summed E-state index contributed by atoms with van der Waals surface area (Å²) in [7, 11) is 1.51. The van der Waals surface area contributed by atoms with Gasteiger partial charge in [0.2, 0.25) is 0 Å². The van der Waals surface area contributed by atoms with Crippen LogP contribution in [-0.4, -0.2) is 26.8 Å². The minimum absolute atomic E-state index is 0.294. The highest BCUT2D eigenvalue weighted by atomic mass is 35.5. The molecule has 9 heteroatoms. The highest BCUT2D eigenvalue weighted by molar-refractivity contribution is 6.30. The first-order valence-electron chi connectivity index (χ1n) is 9.70. The second-order valence-corrected chi connectivity index (χ2v) is 7.73. The molecule has 0 fully saturated rings. The van der Waals surface area contributed by atoms with E-state index in [-0.39, 0.29) is 17.9 Å². The van der Waals surface area contributed by atoms with Gasteiger partial charge < -0.3 is 25.4 Å². The monoisotopic (exact) mass is 455 g/mol. The summed E-state index contributed by atoms with van der Waals surface area (Å²) in [4.78, 5) is 36.4. The third-order valence-electron chi connectivity index (χ3n) is 5.02. The Kier molecular flexibility index (Phi) is 6.85. The molecule has 0 aliphatic heterocycles. The number of aliphatic carboxylic acids is 1. The number of carboxylic acids is 1. The number of halogens is 1. The van der Waals surface area contributed by atoms with Crippen LogP contribution in [0.1, 0.15) is 23.7 Å². The molecule has 2 aromatic carbocycles. The van der Waals surface area contributed by atoms with Gasteiger partial charge in [-0.3, -0.25) is 9.59 Å². The van der Waals surface area contributed by atoms with Crippen molar-refractivity contribution in [3.05, 3.63) is 81.2 Å². The van der Waals surface area contributed by atoms with Crippen molar-refractivity contribution < 1.29 is 19.8 Å². The SMILES string of the molecule is Cc1cc(O)c(NC(=O)N[C@@H](CC(=O)O)c2cccc(-c3cccc(Cl)c3)c2)c(=O)n1C. The van der Waals surface area contributed by atoms with Crippen molar-refractivity contribution in [1.29, 1.82) is 0 Å². The van der Waals surface area contributed by atoms with Gasteiger partial charge >= 0.3 is 12.0 Å². The van der Waals surface area contributed by atoms with Crippen LogP contribution in [0.25, 0.3) is 11.1 Å².